The van der Waals surface area contributed by atoms with Crippen LogP contribution in [0.15, 0.2) is 0 Å². The molecule has 0 aliphatic carbocycles. The van der Waals surface area contributed by atoms with E-state index in [-0.39, 0.29) is 0 Å². The molecule has 0 aromatic heterocycles. The fourth-order valence-corrected chi connectivity index (χ4v) is 3.97. The van der Waals surface area contributed by atoms with Crippen LogP contribution in [0.4, 0.5) is 0 Å². The summed E-state index contributed by atoms with van der Waals surface area (Å²) in [6.07, 6.45) is -22.4. The highest BCUT2D eigenvalue weighted by atomic mass is 16.7. The maximum absolute atomic E-state index is 10.5. The van der Waals surface area contributed by atoms with Gasteiger partial charge in [0.05, 0.1) is 19.8 Å². The Bertz CT molecular complexity index is 653. The standard InChI is InChI=1S/C18H32O16/c19-1-6-9(23)10(24)13(27)17(33-6)34-14-7(32-16(29)12(26)11(14)25)3-31-18(4-20)15(28)8(22)5(21)2-30-18/h5-17,19-29H,1-4H2/t5-,6-,7-,8-,9-,10+,11-,12-,13-,14-,15+,16?,17+,18+/m1/s1. The minimum Gasteiger partial charge on any atom is -0.394 e. The maximum Gasteiger partial charge on any atom is 0.221 e. The first-order valence-corrected chi connectivity index (χ1v) is 10.6. The Hall–Kier alpha value is -0.640. The SMILES string of the molecule is OC[C@H]1O[C@@H](O[C@H]2[C@H](O)[C@@H](O)C(O)O[C@@H]2CO[C@]2(CO)OC[C@@H](O)[C@@H](O)[C@@H]2O)[C@H](O)[C@@H](O)[C@@H]1O. The van der Waals surface area contributed by atoms with Crippen LogP contribution in [0, 0.1) is 0 Å². The molecule has 16 heteroatoms. The summed E-state index contributed by atoms with van der Waals surface area (Å²) in [6.45, 7) is -2.97. The van der Waals surface area contributed by atoms with Crippen LogP contribution in [-0.4, -0.2) is 168 Å². The molecule has 3 fully saturated rings. The topological polar surface area (TPSA) is 269 Å². The van der Waals surface area contributed by atoms with Gasteiger partial charge >= 0.3 is 0 Å². The average Bonchev–Trinajstić information content (AvgIpc) is 2.83. The average molecular weight is 504 g/mol. The lowest BCUT2D eigenvalue weighted by atomic mass is 9.96. The number of aliphatic hydroxyl groups excluding tert-OH is 11. The van der Waals surface area contributed by atoms with Gasteiger partial charge in [0.25, 0.3) is 0 Å². The second-order valence-electron chi connectivity index (χ2n) is 8.44. The molecule has 3 saturated heterocycles. The van der Waals surface area contributed by atoms with Crippen molar-refractivity contribution in [1.82, 2.24) is 0 Å². The zero-order valence-corrected chi connectivity index (χ0v) is 17.8. The first kappa shape index (κ1) is 27.9. The molecule has 1 unspecified atom stereocenters. The van der Waals surface area contributed by atoms with E-state index in [9.17, 15) is 56.2 Å². The Morgan fingerprint density at radius 1 is 0.735 bits per heavy atom. The van der Waals surface area contributed by atoms with Crippen molar-refractivity contribution < 1.29 is 79.9 Å². The lowest BCUT2D eigenvalue weighted by molar-refractivity contribution is -0.378. The molecule has 11 N–H and O–H groups in total. The third-order valence-electron chi connectivity index (χ3n) is 6.18. The van der Waals surface area contributed by atoms with Crippen LogP contribution in [0.5, 0.6) is 0 Å². The number of rotatable bonds is 7. The molecule has 3 heterocycles. The van der Waals surface area contributed by atoms with Gasteiger partial charge < -0.3 is 79.9 Å². The van der Waals surface area contributed by atoms with E-state index in [1.54, 1.807) is 0 Å². The van der Waals surface area contributed by atoms with E-state index in [0.29, 0.717) is 0 Å². The molecule has 3 aliphatic heterocycles. The summed E-state index contributed by atoms with van der Waals surface area (Å²) < 4.78 is 26.5. The molecule has 0 aromatic rings. The van der Waals surface area contributed by atoms with Gasteiger partial charge in [0, 0.05) is 0 Å². The molecule has 3 rings (SSSR count). The van der Waals surface area contributed by atoms with Crippen molar-refractivity contribution in [3.05, 3.63) is 0 Å². The van der Waals surface area contributed by atoms with Crippen LogP contribution >= 0.6 is 0 Å². The predicted octanol–water partition coefficient (Wildman–Crippen LogP) is -7.57. The molecular weight excluding hydrogens is 472 g/mol. The van der Waals surface area contributed by atoms with Gasteiger partial charge in [-0.3, -0.25) is 0 Å². The summed E-state index contributed by atoms with van der Waals surface area (Å²) in [6, 6.07) is 0. The van der Waals surface area contributed by atoms with Crippen LogP contribution in [0.3, 0.4) is 0 Å². The van der Waals surface area contributed by atoms with Crippen LogP contribution < -0.4 is 0 Å². The highest BCUT2D eigenvalue weighted by Gasteiger charge is 2.54. The first-order valence-electron chi connectivity index (χ1n) is 10.6. The van der Waals surface area contributed by atoms with Gasteiger partial charge in [-0.1, -0.05) is 0 Å². The molecule has 0 radical (unpaired) electrons. The van der Waals surface area contributed by atoms with Crippen LogP contribution in [0.1, 0.15) is 0 Å². The first-order chi connectivity index (χ1) is 16.0. The van der Waals surface area contributed by atoms with Gasteiger partial charge in [-0.25, -0.2) is 0 Å². The predicted molar refractivity (Wildman–Crippen MR) is 101 cm³/mol. The number of aliphatic hydroxyl groups is 11. The second-order valence-corrected chi connectivity index (χ2v) is 8.44. The number of hydrogen-bond donors (Lipinski definition) is 11. The third-order valence-corrected chi connectivity index (χ3v) is 6.18. The fourth-order valence-electron chi connectivity index (χ4n) is 3.97. The van der Waals surface area contributed by atoms with Crippen molar-refractivity contribution in [3.63, 3.8) is 0 Å². The van der Waals surface area contributed by atoms with Crippen molar-refractivity contribution in [2.24, 2.45) is 0 Å². The molecular formula is C18H32O16. The number of ether oxygens (including phenoxy) is 5. The van der Waals surface area contributed by atoms with Crippen molar-refractivity contribution in [3.8, 4) is 0 Å². The Morgan fingerprint density at radius 2 is 1.41 bits per heavy atom. The largest absolute Gasteiger partial charge is 0.394 e. The monoisotopic (exact) mass is 504 g/mol. The minimum absolute atomic E-state index is 0.515. The third kappa shape index (κ3) is 5.23. The lowest BCUT2D eigenvalue weighted by Crippen LogP contribution is -2.66. The molecule has 200 valence electrons. The van der Waals surface area contributed by atoms with E-state index in [1.165, 1.54) is 0 Å². The smallest absolute Gasteiger partial charge is 0.221 e. The van der Waals surface area contributed by atoms with E-state index in [4.69, 9.17) is 23.7 Å². The fraction of sp³-hybridized carbons (Fsp3) is 1.00. The highest BCUT2D eigenvalue weighted by molar-refractivity contribution is 4.96. The zero-order valence-electron chi connectivity index (χ0n) is 17.8. The van der Waals surface area contributed by atoms with E-state index in [0.717, 1.165) is 0 Å². The summed E-state index contributed by atoms with van der Waals surface area (Å²) in [5, 5.41) is 109. The zero-order chi connectivity index (χ0) is 25.4. The van der Waals surface area contributed by atoms with Gasteiger partial charge in [0.1, 0.15) is 73.8 Å². The Morgan fingerprint density at radius 3 is 2.03 bits per heavy atom. The molecule has 34 heavy (non-hydrogen) atoms. The molecule has 3 aliphatic rings. The normalized spacial score (nSPS) is 52.5. The van der Waals surface area contributed by atoms with E-state index in [1.807, 2.05) is 0 Å². The maximum atomic E-state index is 10.5. The van der Waals surface area contributed by atoms with E-state index in [2.05, 4.69) is 0 Å². The van der Waals surface area contributed by atoms with E-state index < -0.39 is 112 Å². The molecule has 0 aromatic carbocycles. The summed E-state index contributed by atoms with van der Waals surface area (Å²) >= 11 is 0. The van der Waals surface area contributed by atoms with Crippen LogP contribution in [-0.2, 0) is 23.7 Å². The molecule has 0 amide bonds. The van der Waals surface area contributed by atoms with Crippen LogP contribution in [0.25, 0.3) is 0 Å². The van der Waals surface area contributed by atoms with Gasteiger partial charge in [-0.05, 0) is 0 Å². The van der Waals surface area contributed by atoms with Crippen molar-refractivity contribution in [2.75, 3.05) is 26.4 Å². The molecule has 0 saturated carbocycles. The summed E-state index contributed by atoms with van der Waals surface area (Å²) in [5.41, 5.74) is 0. The van der Waals surface area contributed by atoms with Crippen molar-refractivity contribution >= 4 is 0 Å². The quantitative estimate of drug-likeness (QED) is 0.154. The minimum atomic E-state index is -2.23. The second kappa shape index (κ2) is 11.2. The van der Waals surface area contributed by atoms with Gasteiger partial charge in [0.2, 0.25) is 5.79 Å². The summed E-state index contributed by atoms with van der Waals surface area (Å²) in [7, 11) is 0. The van der Waals surface area contributed by atoms with Crippen molar-refractivity contribution in [2.45, 2.75) is 85.5 Å². The highest BCUT2D eigenvalue weighted by Crippen LogP contribution is 2.32. The van der Waals surface area contributed by atoms with Gasteiger partial charge in [0.15, 0.2) is 12.6 Å². The lowest BCUT2D eigenvalue weighted by Gasteiger charge is -2.47. The molecule has 0 bridgehead atoms. The Balaban J connectivity index is 1.76. The molecule has 16 nitrogen and oxygen atoms in total. The van der Waals surface area contributed by atoms with Gasteiger partial charge in [-0.15, -0.1) is 0 Å². The summed E-state index contributed by atoms with van der Waals surface area (Å²) in [5.74, 6) is -2.23. The molecule has 14 atom stereocenters. The number of hydrogen-bond acceptors (Lipinski definition) is 16. The van der Waals surface area contributed by atoms with Gasteiger partial charge in [-0.2, -0.15) is 0 Å². The van der Waals surface area contributed by atoms with Crippen LogP contribution in [0.2, 0.25) is 0 Å². The van der Waals surface area contributed by atoms with Crippen molar-refractivity contribution in [1.29, 1.82) is 0 Å². The summed E-state index contributed by atoms with van der Waals surface area (Å²) in [4.78, 5) is 0. The Labute approximate surface area is 192 Å². The molecule has 0 spiro atoms. The van der Waals surface area contributed by atoms with E-state index >= 15 is 0 Å². The Kier molecular flexibility index (Phi) is 9.18.